The average molecular weight is 389 g/mol. The van der Waals surface area contributed by atoms with E-state index in [0.717, 1.165) is 51.9 Å². The third-order valence-corrected chi connectivity index (χ3v) is 6.48. The molecule has 4 rings (SSSR count). The number of carbonyl (C=O) groups excluding carboxylic acids is 1. The van der Waals surface area contributed by atoms with E-state index in [1.54, 1.807) is 6.20 Å². The van der Waals surface area contributed by atoms with E-state index in [1.807, 2.05) is 31.2 Å². The number of rotatable bonds is 7. The number of H-pyrrole nitrogens is 1. The summed E-state index contributed by atoms with van der Waals surface area (Å²) in [4.78, 5) is 16.0. The van der Waals surface area contributed by atoms with Crippen LogP contribution in [-0.4, -0.2) is 45.5 Å². The molecule has 2 aromatic heterocycles. The highest BCUT2D eigenvalue weighted by Crippen LogP contribution is 2.31. The molecule has 0 saturated carbocycles. The number of aromatic nitrogens is 3. The molecule has 0 aliphatic carbocycles. The summed E-state index contributed by atoms with van der Waals surface area (Å²) in [6.45, 7) is 3.51. The third kappa shape index (κ3) is 3.77. The van der Waals surface area contributed by atoms with Crippen LogP contribution in [0.5, 0.6) is 0 Å². The number of ketones is 1. The summed E-state index contributed by atoms with van der Waals surface area (Å²) >= 11 is 2.92. The van der Waals surface area contributed by atoms with Gasteiger partial charge in [0.15, 0.2) is 10.1 Å². The van der Waals surface area contributed by atoms with Crippen molar-refractivity contribution in [3.05, 3.63) is 36.0 Å². The van der Waals surface area contributed by atoms with Gasteiger partial charge in [0.05, 0.1) is 11.4 Å². The first kappa shape index (κ1) is 17.5. The molecule has 1 aliphatic heterocycles. The van der Waals surface area contributed by atoms with Crippen LogP contribution in [0, 0.1) is 0 Å². The van der Waals surface area contributed by atoms with E-state index in [9.17, 15) is 4.79 Å². The first-order chi connectivity index (χ1) is 12.7. The van der Waals surface area contributed by atoms with Gasteiger partial charge >= 0.3 is 0 Å². The second kappa shape index (κ2) is 7.77. The van der Waals surface area contributed by atoms with Crippen LogP contribution < -0.4 is 5.32 Å². The standard InChI is InChI=1S/C18H20N4O2S2/c1-11(16(23)14-10-19-15-7-3-2-6-13(14)15)25-18-22-21-17(26-18)20-9-12-5-4-8-24-12/h2-3,6-7,10-12,19H,4-5,8-9H2,1H3,(H,20,21)/t11-,12-/m1/s1. The van der Waals surface area contributed by atoms with Crippen LogP contribution in [0.2, 0.25) is 0 Å². The lowest BCUT2D eigenvalue weighted by Crippen LogP contribution is -2.18. The van der Waals surface area contributed by atoms with E-state index in [2.05, 4.69) is 20.5 Å². The van der Waals surface area contributed by atoms with Gasteiger partial charge in [-0.3, -0.25) is 4.79 Å². The van der Waals surface area contributed by atoms with Crippen LogP contribution in [0.3, 0.4) is 0 Å². The van der Waals surface area contributed by atoms with Crippen LogP contribution in [0.15, 0.2) is 34.8 Å². The maximum atomic E-state index is 12.8. The Balaban J connectivity index is 1.38. The zero-order valence-electron chi connectivity index (χ0n) is 14.4. The molecule has 1 fully saturated rings. The average Bonchev–Trinajstić information content (AvgIpc) is 3.40. The predicted molar refractivity (Wildman–Crippen MR) is 105 cm³/mol. The van der Waals surface area contributed by atoms with Crippen molar-refractivity contribution in [1.82, 2.24) is 15.2 Å². The van der Waals surface area contributed by atoms with Crippen molar-refractivity contribution in [2.75, 3.05) is 18.5 Å². The molecule has 2 atom stereocenters. The number of ether oxygens (including phenoxy) is 1. The molecule has 8 heteroatoms. The van der Waals surface area contributed by atoms with Crippen molar-refractivity contribution >= 4 is 44.9 Å². The molecule has 3 heterocycles. The molecule has 0 radical (unpaired) electrons. The van der Waals surface area contributed by atoms with Crippen molar-refractivity contribution in [3.8, 4) is 0 Å². The molecule has 26 heavy (non-hydrogen) atoms. The Bertz CT molecular complexity index is 901. The molecule has 3 aromatic rings. The van der Waals surface area contributed by atoms with Crippen molar-refractivity contribution < 1.29 is 9.53 Å². The number of fused-ring (bicyclic) bond motifs is 1. The number of nitrogens with zero attached hydrogens (tertiary/aromatic N) is 2. The Morgan fingerprint density at radius 3 is 3.19 bits per heavy atom. The molecule has 2 N–H and O–H groups in total. The number of anilines is 1. The molecule has 0 amide bonds. The van der Waals surface area contributed by atoms with Crippen LogP contribution in [0.4, 0.5) is 5.13 Å². The maximum absolute atomic E-state index is 12.8. The summed E-state index contributed by atoms with van der Waals surface area (Å²) in [7, 11) is 0. The highest BCUT2D eigenvalue weighted by atomic mass is 32.2. The number of carbonyl (C=O) groups is 1. The number of benzene rings is 1. The Hall–Kier alpha value is -1.90. The Kier molecular flexibility index (Phi) is 5.23. The molecule has 6 nitrogen and oxygen atoms in total. The normalized spacial score (nSPS) is 18.3. The van der Waals surface area contributed by atoms with Gasteiger partial charge in [0.2, 0.25) is 5.13 Å². The fraction of sp³-hybridized carbons (Fsp3) is 0.389. The highest BCUT2D eigenvalue weighted by molar-refractivity contribution is 8.02. The molecule has 136 valence electrons. The van der Waals surface area contributed by atoms with Gasteiger partial charge in [-0.1, -0.05) is 41.3 Å². The van der Waals surface area contributed by atoms with E-state index < -0.39 is 0 Å². The van der Waals surface area contributed by atoms with Crippen molar-refractivity contribution in [3.63, 3.8) is 0 Å². The van der Waals surface area contributed by atoms with Gasteiger partial charge in [-0.05, 0) is 25.8 Å². The predicted octanol–water partition coefficient (Wildman–Crippen LogP) is 3.97. The van der Waals surface area contributed by atoms with Crippen LogP contribution >= 0.6 is 23.1 Å². The molecule has 1 saturated heterocycles. The Morgan fingerprint density at radius 2 is 2.35 bits per heavy atom. The summed E-state index contributed by atoms with van der Waals surface area (Å²) in [5.74, 6) is 0.0940. The number of hydrogen-bond acceptors (Lipinski definition) is 7. The zero-order chi connectivity index (χ0) is 17.9. The largest absolute Gasteiger partial charge is 0.376 e. The van der Waals surface area contributed by atoms with Gasteiger partial charge in [-0.15, -0.1) is 10.2 Å². The van der Waals surface area contributed by atoms with Crippen molar-refractivity contribution in [2.24, 2.45) is 0 Å². The molecular formula is C18H20N4O2S2. The molecule has 1 aliphatic rings. The molecule has 0 spiro atoms. The molecule has 0 bridgehead atoms. The first-order valence-corrected chi connectivity index (χ1v) is 10.4. The second-order valence-corrected chi connectivity index (χ2v) is 8.83. The molecular weight excluding hydrogens is 368 g/mol. The van der Waals surface area contributed by atoms with Crippen molar-refractivity contribution in [1.29, 1.82) is 0 Å². The lowest BCUT2D eigenvalue weighted by atomic mass is 10.1. The van der Waals surface area contributed by atoms with E-state index >= 15 is 0 Å². The lowest BCUT2D eigenvalue weighted by Gasteiger charge is -2.08. The zero-order valence-corrected chi connectivity index (χ0v) is 16.0. The van der Waals surface area contributed by atoms with E-state index in [1.165, 1.54) is 23.1 Å². The van der Waals surface area contributed by atoms with Gasteiger partial charge in [-0.25, -0.2) is 0 Å². The summed E-state index contributed by atoms with van der Waals surface area (Å²) in [5.41, 5.74) is 1.70. The maximum Gasteiger partial charge on any atom is 0.206 e. The molecule has 0 unspecified atom stereocenters. The smallest absolute Gasteiger partial charge is 0.206 e. The number of aromatic amines is 1. The minimum atomic E-state index is -0.229. The van der Waals surface area contributed by atoms with Crippen LogP contribution in [0.1, 0.15) is 30.1 Å². The Labute approximate surface area is 159 Å². The monoisotopic (exact) mass is 388 g/mol. The SMILES string of the molecule is C[C@@H](Sc1nnc(NC[C@H]2CCCO2)s1)C(=O)c1c[nH]c2ccccc12. The number of para-hydroxylation sites is 1. The van der Waals surface area contributed by atoms with Crippen molar-refractivity contribution in [2.45, 2.75) is 35.5 Å². The highest BCUT2D eigenvalue weighted by Gasteiger charge is 2.22. The second-order valence-electron chi connectivity index (χ2n) is 6.26. The third-order valence-electron chi connectivity index (χ3n) is 4.41. The van der Waals surface area contributed by atoms with Crippen LogP contribution in [0.25, 0.3) is 10.9 Å². The minimum absolute atomic E-state index is 0.0940. The fourth-order valence-corrected chi connectivity index (χ4v) is 5.01. The van der Waals surface area contributed by atoms with Gasteiger partial charge < -0.3 is 15.0 Å². The van der Waals surface area contributed by atoms with Crippen LogP contribution in [-0.2, 0) is 4.74 Å². The number of Topliss-reactive ketones (excluding diaryl/α,β-unsaturated/α-hetero) is 1. The number of nitrogens with one attached hydrogen (secondary N) is 2. The topological polar surface area (TPSA) is 79.9 Å². The van der Waals surface area contributed by atoms with E-state index in [0.29, 0.717) is 0 Å². The quantitative estimate of drug-likeness (QED) is 0.471. The summed E-state index contributed by atoms with van der Waals surface area (Å²) in [5, 5.41) is 13.1. The summed E-state index contributed by atoms with van der Waals surface area (Å²) < 4.78 is 6.39. The van der Waals surface area contributed by atoms with Gasteiger partial charge in [-0.2, -0.15) is 0 Å². The Morgan fingerprint density at radius 1 is 1.46 bits per heavy atom. The van der Waals surface area contributed by atoms with E-state index in [4.69, 9.17) is 4.74 Å². The number of hydrogen-bond donors (Lipinski definition) is 2. The van der Waals surface area contributed by atoms with Gasteiger partial charge in [0.25, 0.3) is 0 Å². The molecule has 1 aromatic carbocycles. The fourth-order valence-electron chi connectivity index (χ4n) is 3.03. The van der Waals surface area contributed by atoms with Gasteiger partial charge in [0, 0.05) is 35.8 Å². The first-order valence-electron chi connectivity index (χ1n) is 8.66. The summed E-state index contributed by atoms with van der Waals surface area (Å²) in [6, 6.07) is 7.84. The van der Waals surface area contributed by atoms with Gasteiger partial charge in [0.1, 0.15) is 0 Å². The minimum Gasteiger partial charge on any atom is -0.376 e. The van der Waals surface area contributed by atoms with E-state index in [-0.39, 0.29) is 17.1 Å². The summed E-state index contributed by atoms with van der Waals surface area (Å²) in [6.07, 6.45) is 4.26. The lowest BCUT2D eigenvalue weighted by molar-refractivity contribution is 0.0995. The number of thioether (sulfide) groups is 1.